The van der Waals surface area contributed by atoms with E-state index >= 15 is 0 Å². The number of rotatable bonds is 2. The molecule has 4 heteroatoms. The van der Waals surface area contributed by atoms with Crippen molar-refractivity contribution in [2.24, 2.45) is 0 Å². The molecule has 0 spiro atoms. The van der Waals surface area contributed by atoms with Crippen LogP contribution in [0.2, 0.25) is 0 Å². The second kappa shape index (κ2) is 5.39. The lowest BCUT2D eigenvalue weighted by molar-refractivity contribution is 0.102. The molecule has 2 N–H and O–H groups in total. The van der Waals surface area contributed by atoms with E-state index in [-0.39, 0.29) is 11.7 Å². The van der Waals surface area contributed by atoms with Crippen LogP contribution in [0, 0.1) is 10.5 Å². The van der Waals surface area contributed by atoms with Crippen LogP contribution in [0.3, 0.4) is 0 Å². The van der Waals surface area contributed by atoms with Crippen molar-refractivity contribution < 1.29 is 9.90 Å². The number of carbonyl (C=O) groups excluding carboxylic acids is 1. The zero-order chi connectivity index (χ0) is 13.1. The molecule has 0 saturated heterocycles. The van der Waals surface area contributed by atoms with Crippen LogP contribution in [-0.4, -0.2) is 11.0 Å². The van der Waals surface area contributed by atoms with Gasteiger partial charge in [0.1, 0.15) is 5.75 Å². The first-order valence-electron chi connectivity index (χ1n) is 5.43. The number of nitrogens with one attached hydrogen (secondary N) is 1. The lowest BCUT2D eigenvalue weighted by atomic mass is 10.1. The number of hydrogen-bond acceptors (Lipinski definition) is 2. The highest BCUT2D eigenvalue weighted by atomic mass is 127. The zero-order valence-corrected chi connectivity index (χ0v) is 11.9. The zero-order valence-electron chi connectivity index (χ0n) is 9.77. The Hall–Kier alpha value is -1.56. The van der Waals surface area contributed by atoms with Gasteiger partial charge in [-0.3, -0.25) is 4.79 Å². The maximum Gasteiger partial charge on any atom is 0.255 e. The van der Waals surface area contributed by atoms with Gasteiger partial charge in [0.2, 0.25) is 0 Å². The minimum absolute atomic E-state index is 0.165. The van der Waals surface area contributed by atoms with Gasteiger partial charge in [0, 0.05) is 9.13 Å². The summed E-state index contributed by atoms with van der Waals surface area (Å²) in [5.74, 6) is -0.00467. The monoisotopic (exact) mass is 353 g/mol. The van der Waals surface area contributed by atoms with Crippen molar-refractivity contribution in [1.29, 1.82) is 0 Å². The molecule has 0 fully saturated rings. The average Bonchev–Trinajstić information content (AvgIpc) is 2.32. The Bertz CT molecular complexity index is 596. The van der Waals surface area contributed by atoms with E-state index in [9.17, 15) is 9.90 Å². The molecule has 92 valence electrons. The van der Waals surface area contributed by atoms with Crippen LogP contribution in [0.25, 0.3) is 0 Å². The Morgan fingerprint density at radius 1 is 1.22 bits per heavy atom. The largest absolute Gasteiger partial charge is 0.508 e. The molecule has 0 aliphatic rings. The lowest BCUT2D eigenvalue weighted by Gasteiger charge is -2.09. The minimum Gasteiger partial charge on any atom is -0.508 e. The van der Waals surface area contributed by atoms with E-state index in [0.29, 0.717) is 5.56 Å². The molecule has 0 bridgehead atoms. The molecule has 0 aliphatic carbocycles. The van der Waals surface area contributed by atoms with Gasteiger partial charge in [-0.15, -0.1) is 0 Å². The molecule has 0 saturated carbocycles. The molecular weight excluding hydrogens is 341 g/mol. The third kappa shape index (κ3) is 2.81. The van der Waals surface area contributed by atoms with Crippen molar-refractivity contribution in [3.05, 3.63) is 57.2 Å². The van der Waals surface area contributed by atoms with E-state index in [1.165, 1.54) is 6.07 Å². The summed E-state index contributed by atoms with van der Waals surface area (Å²) in [6, 6.07) is 12.3. The quantitative estimate of drug-likeness (QED) is 0.812. The highest BCUT2D eigenvalue weighted by molar-refractivity contribution is 14.1. The number of phenolic OH excluding ortho intramolecular Hbond substituents is 1. The van der Waals surface area contributed by atoms with Crippen LogP contribution >= 0.6 is 22.6 Å². The molecular formula is C14H12INO2. The highest BCUT2D eigenvalue weighted by Gasteiger charge is 2.10. The molecule has 0 atom stereocenters. The molecule has 18 heavy (non-hydrogen) atoms. The van der Waals surface area contributed by atoms with E-state index in [4.69, 9.17) is 0 Å². The number of aromatic hydroxyl groups is 1. The van der Waals surface area contributed by atoms with E-state index in [1.54, 1.807) is 19.1 Å². The fraction of sp³-hybridized carbons (Fsp3) is 0.0714. The first-order chi connectivity index (χ1) is 8.58. The summed E-state index contributed by atoms with van der Waals surface area (Å²) >= 11 is 2.17. The van der Waals surface area contributed by atoms with Gasteiger partial charge in [0.05, 0.1) is 5.69 Å². The SMILES string of the molecule is Cc1cc(O)ccc1C(=O)Nc1ccccc1I. The van der Waals surface area contributed by atoms with Crippen molar-refractivity contribution in [3.63, 3.8) is 0 Å². The number of halogens is 1. The van der Waals surface area contributed by atoms with Crippen molar-refractivity contribution in [3.8, 4) is 5.75 Å². The summed E-state index contributed by atoms with van der Waals surface area (Å²) in [5, 5.41) is 12.2. The molecule has 1 amide bonds. The van der Waals surface area contributed by atoms with E-state index in [0.717, 1.165) is 14.8 Å². The lowest BCUT2D eigenvalue weighted by Crippen LogP contribution is -2.14. The number of amides is 1. The molecule has 0 aromatic heterocycles. The summed E-state index contributed by atoms with van der Waals surface area (Å²) in [5.41, 5.74) is 2.10. The highest BCUT2D eigenvalue weighted by Crippen LogP contribution is 2.20. The fourth-order valence-corrected chi connectivity index (χ4v) is 2.18. The number of phenols is 1. The number of hydrogen-bond donors (Lipinski definition) is 2. The van der Waals surface area contributed by atoms with E-state index in [2.05, 4.69) is 27.9 Å². The van der Waals surface area contributed by atoms with Crippen molar-refractivity contribution >= 4 is 34.2 Å². The van der Waals surface area contributed by atoms with Crippen LogP contribution in [0.4, 0.5) is 5.69 Å². The second-order valence-electron chi connectivity index (χ2n) is 3.93. The molecule has 0 radical (unpaired) electrons. The van der Waals surface area contributed by atoms with Crippen molar-refractivity contribution in [2.75, 3.05) is 5.32 Å². The van der Waals surface area contributed by atoms with Crippen LogP contribution < -0.4 is 5.32 Å². The predicted octanol–water partition coefficient (Wildman–Crippen LogP) is 3.56. The van der Waals surface area contributed by atoms with Gasteiger partial charge in [-0.1, -0.05) is 12.1 Å². The van der Waals surface area contributed by atoms with E-state index < -0.39 is 0 Å². The fourth-order valence-electron chi connectivity index (χ4n) is 1.65. The topological polar surface area (TPSA) is 49.3 Å². The minimum atomic E-state index is -0.170. The summed E-state index contributed by atoms with van der Waals surface area (Å²) in [4.78, 5) is 12.1. The standard InChI is InChI=1S/C14H12INO2/c1-9-8-10(17)6-7-11(9)14(18)16-13-5-3-2-4-12(13)15/h2-8,17H,1H3,(H,16,18). The van der Waals surface area contributed by atoms with E-state index in [1.807, 2.05) is 24.3 Å². The van der Waals surface area contributed by atoms with Gasteiger partial charge in [-0.2, -0.15) is 0 Å². The normalized spacial score (nSPS) is 10.1. The predicted molar refractivity (Wildman–Crippen MR) is 80.0 cm³/mol. The van der Waals surface area contributed by atoms with Gasteiger partial charge in [-0.05, 0) is 65.4 Å². The number of anilines is 1. The maximum atomic E-state index is 12.1. The molecule has 0 heterocycles. The van der Waals surface area contributed by atoms with Crippen LogP contribution in [0.1, 0.15) is 15.9 Å². The Kier molecular flexibility index (Phi) is 3.86. The smallest absolute Gasteiger partial charge is 0.255 e. The van der Waals surface area contributed by atoms with Gasteiger partial charge in [0.15, 0.2) is 0 Å². The van der Waals surface area contributed by atoms with Gasteiger partial charge >= 0.3 is 0 Å². The number of aryl methyl sites for hydroxylation is 1. The first-order valence-corrected chi connectivity index (χ1v) is 6.51. The van der Waals surface area contributed by atoms with Gasteiger partial charge < -0.3 is 10.4 Å². The molecule has 2 rings (SSSR count). The third-order valence-electron chi connectivity index (χ3n) is 2.58. The Morgan fingerprint density at radius 2 is 1.94 bits per heavy atom. The average molecular weight is 353 g/mol. The van der Waals surface area contributed by atoms with Gasteiger partial charge in [-0.25, -0.2) is 0 Å². The Balaban J connectivity index is 2.25. The van der Waals surface area contributed by atoms with Gasteiger partial charge in [0.25, 0.3) is 5.91 Å². The Labute approximate surface area is 119 Å². The summed E-state index contributed by atoms with van der Waals surface area (Å²) in [6.45, 7) is 1.80. The molecule has 3 nitrogen and oxygen atoms in total. The molecule has 2 aromatic rings. The van der Waals surface area contributed by atoms with Crippen LogP contribution in [0.5, 0.6) is 5.75 Å². The Morgan fingerprint density at radius 3 is 2.61 bits per heavy atom. The molecule has 0 aliphatic heterocycles. The third-order valence-corrected chi connectivity index (χ3v) is 3.52. The van der Waals surface area contributed by atoms with Crippen LogP contribution in [-0.2, 0) is 0 Å². The number of benzene rings is 2. The number of carbonyl (C=O) groups is 1. The van der Waals surface area contributed by atoms with Crippen molar-refractivity contribution in [2.45, 2.75) is 6.92 Å². The summed E-state index contributed by atoms with van der Waals surface area (Å²) < 4.78 is 0.986. The van der Waals surface area contributed by atoms with Crippen LogP contribution in [0.15, 0.2) is 42.5 Å². The summed E-state index contributed by atoms with van der Waals surface area (Å²) in [6.07, 6.45) is 0. The summed E-state index contributed by atoms with van der Waals surface area (Å²) in [7, 11) is 0. The second-order valence-corrected chi connectivity index (χ2v) is 5.10. The number of para-hydroxylation sites is 1. The first kappa shape index (κ1) is 12.9. The molecule has 2 aromatic carbocycles. The molecule has 0 unspecified atom stereocenters. The maximum absolute atomic E-state index is 12.1. The van der Waals surface area contributed by atoms with Crippen molar-refractivity contribution in [1.82, 2.24) is 0 Å².